The lowest BCUT2D eigenvalue weighted by molar-refractivity contribution is -0.129. The van der Waals surface area contributed by atoms with Crippen molar-refractivity contribution in [1.29, 1.82) is 0 Å². The van der Waals surface area contributed by atoms with Crippen molar-refractivity contribution in [2.24, 2.45) is 0 Å². The Kier molecular flexibility index (Phi) is 5.54. The Hall–Kier alpha value is -2.44. The van der Waals surface area contributed by atoms with Gasteiger partial charge in [-0.1, -0.05) is 29.3 Å². The van der Waals surface area contributed by atoms with Crippen molar-refractivity contribution in [3.05, 3.63) is 57.6 Å². The highest BCUT2D eigenvalue weighted by Gasteiger charge is 2.20. The molecule has 0 unspecified atom stereocenters. The molecule has 1 heterocycles. The van der Waals surface area contributed by atoms with Crippen LogP contribution in [0.3, 0.4) is 0 Å². The van der Waals surface area contributed by atoms with Crippen LogP contribution in [0.15, 0.2) is 36.4 Å². The number of rotatable bonds is 5. The fourth-order valence-corrected chi connectivity index (χ4v) is 2.59. The Balaban J connectivity index is 1.54. The van der Waals surface area contributed by atoms with Gasteiger partial charge in [0.1, 0.15) is 0 Å². The van der Waals surface area contributed by atoms with Crippen LogP contribution in [-0.2, 0) is 16.1 Å². The lowest BCUT2D eigenvalue weighted by Crippen LogP contribution is -2.35. The van der Waals surface area contributed by atoms with Gasteiger partial charge in [-0.3, -0.25) is 4.79 Å². The smallest absolute Gasteiger partial charge is 0.338 e. The van der Waals surface area contributed by atoms with Crippen molar-refractivity contribution < 1.29 is 23.8 Å². The van der Waals surface area contributed by atoms with E-state index in [1.54, 1.807) is 12.1 Å². The van der Waals surface area contributed by atoms with Crippen molar-refractivity contribution in [3.8, 4) is 11.5 Å². The molecule has 0 saturated heterocycles. The Morgan fingerprint density at radius 3 is 2.65 bits per heavy atom. The third kappa shape index (κ3) is 4.20. The van der Waals surface area contributed by atoms with Gasteiger partial charge in [-0.25, -0.2) is 4.79 Å². The Labute approximate surface area is 159 Å². The summed E-state index contributed by atoms with van der Waals surface area (Å²) in [7, 11) is 0. The summed E-state index contributed by atoms with van der Waals surface area (Å²) in [6, 6.07) is 9.74. The van der Waals surface area contributed by atoms with Gasteiger partial charge in [0.25, 0.3) is 5.91 Å². The quantitative estimate of drug-likeness (QED) is 0.783. The molecule has 2 aromatic carbocycles. The molecule has 0 fully saturated rings. The number of hydrogen-bond acceptors (Lipinski definition) is 5. The maximum Gasteiger partial charge on any atom is 0.338 e. The molecule has 26 heavy (non-hydrogen) atoms. The second kappa shape index (κ2) is 7.85. The Bertz CT molecular complexity index is 855. The number of amides is 1. The van der Waals surface area contributed by atoms with Crippen molar-refractivity contribution >= 4 is 35.1 Å². The first-order valence-corrected chi connectivity index (χ1v) is 8.52. The van der Waals surface area contributed by atoms with E-state index in [4.69, 9.17) is 37.4 Å². The second-order valence-corrected chi connectivity index (χ2v) is 6.40. The average molecular weight is 396 g/mol. The highest BCUT2D eigenvalue weighted by Crippen LogP contribution is 2.32. The van der Waals surface area contributed by atoms with E-state index in [0.717, 1.165) is 5.56 Å². The molecular formula is C18H15Cl2NO5. The molecular weight excluding hydrogens is 381 g/mol. The van der Waals surface area contributed by atoms with E-state index in [-0.39, 0.29) is 23.9 Å². The number of carbonyl (C=O) groups excluding carboxylic acids is 2. The fraction of sp³-hybridized carbons (Fsp3) is 0.222. The average Bonchev–Trinajstić information content (AvgIpc) is 3.09. The van der Waals surface area contributed by atoms with Crippen molar-refractivity contribution in [2.75, 3.05) is 6.79 Å². The SMILES string of the molecule is C[C@@H](OC(=O)c1ccc(Cl)c(Cl)c1)C(=O)NCc1ccc2c(c1)OCO2. The van der Waals surface area contributed by atoms with E-state index in [0.29, 0.717) is 16.5 Å². The maximum absolute atomic E-state index is 12.1. The molecule has 1 atom stereocenters. The summed E-state index contributed by atoms with van der Waals surface area (Å²) < 4.78 is 15.7. The molecule has 136 valence electrons. The minimum Gasteiger partial charge on any atom is -0.454 e. The second-order valence-electron chi connectivity index (χ2n) is 5.58. The van der Waals surface area contributed by atoms with Crippen molar-refractivity contribution in [2.45, 2.75) is 19.6 Å². The summed E-state index contributed by atoms with van der Waals surface area (Å²) >= 11 is 11.7. The monoisotopic (exact) mass is 395 g/mol. The van der Waals surface area contributed by atoms with Gasteiger partial charge in [-0.05, 0) is 42.8 Å². The topological polar surface area (TPSA) is 73.9 Å². The standard InChI is InChI=1S/C18H15Cl2NO5/c1-10(26-18(23)12-3-4-13(19)14(20)7-12)17(22)21-8-11-2-5-15-16(6-11)25-9-24-15/h2-7,10H,8-9H2,1H3,(H,21,22)/t10-/m1/s1. The lowest BCUT2D eigenvalue weighted by atomic mass is 10.2. The minimum atomic E-state index is -0.967. The van der Waals surface area contributed by atoms with E-state index in [2.05, 4.69) is 5.32 Å². The van der Waals surface area contributed by atoms with E-state index >= 15 is 0 Å². The zero-order chi connectivity index (χ0) is 18.7. The van der Waals surface area contributed by atoms with Crippen LogP contribution in [0.25, 0.3) is 0 Å². The summed E-state index contributed by atoms with van der Waals surface area (Å²) in [5, 5.41) is 3.28. The van der Waals surface area contributed by atoms with Gasteiger partial charge in [0.2, 0.25) is 6.79 Å². The molecule has 2 aromatic rings. The molecule has 0 bridgehead atoms. The number of fused-ring (bicyclic) bond motifs is 1. The van der Waals surface area contributed by atoms with Gasteiger partial charge in [-0.15, -0.1) is 0 Å². The lowest BCUT2D eigenvalue weighted by Gasteiger charge is -2.14. The van der Waals surface area contributed by atoms with Crippen molar-refractivity contribution in [3.63, 3.8) is 0 Å². The molecule has 1 amide bonds. The number of benzene rings is 2. The zero-order valence-corrected chi connectivity index (χ0v) is 15.3. The van der Waals surface area contributed by atoms with E-state index < -0.39 is 18.0 Å². The van der Waals surface area contributed by atoms with Gasteiger partial charge < -0.3 is 19.5 Å². The van der Waals surface area contributed by atoms with Crippen LogP contribution in [0.5, 0.6) is 11.5 Å². The first kappa shape index (κ1) is 18.4. The van der Waals surface area contributed by atoms with Crippen LogP contribution in [0.4, 0.5) is 0 Å². The Morgan fingerprint density at radius 2 is 1.88 bits per heavy atom. The molecule has 0 aromatic heterocycles. The third-order valence-corrected chi connectivity index (χ3v) is 4.45. The first-order valence-electron chi connectivity index (χ1n) is 7.76. The normalized spacial score (nSPS) is 13.2. The molecule has 0 aliphatic carbocycles. The van der Waals surface area contributed by atoms with Crippen LogP contribution in [0.2, 0.25) is 10.0 Å². The molecule has 1 aliphatic heterocycles. The van der Waals surface area contributed by atoms with E-state index in [9.17, 15) is 9.59 Å². The fourth-order valence-electron chi connectivity index (χ4n) is 2.29. The molecule has 0 spiro atoms. The van der Waals surface area contributed by atoms with Crippen LogP contribution in [-0.4, -0.2) is 24.8 Å². The largest absolute Gasteiger partial charge is 0.454 e. The van der Waals surface area contributed by atoms with Crippen LogP contribution in [0, 0.1) is 0 Å². The van der Waals surface area contributed by atoms with Gasteiger partial charge >= 0.3 is 5.97 Å². The summed E-state index contributed by atoms with van der Waals surface area (Å²) in [5.41, 5.74) is 1.06. The molecule has 0 saturated carbocycles. The summed E-state index contributed by atoms with van der Waals surface area (Å²) in [6.07, 6.45) is -0.967. The van der Waals surface area contributed by atoms with Crippen molar-refractivity contribution in [1.82, 2.24) is 5.32 Å². The van der Waals surface area contributed by atoms with Gasteiger partial charge in [0.05, 0.1) is 15.6 Å². The molecule has 0 radical (unpaired) electrons. The van der Waals surface area contributed by atoms with E-state index in [1.165, 1.54) is 25.1 Å². The first-order chi connectivity index (χ1) is 12.4. The van der Waals surface area contributed by atoms with Gasteiger partial charge in [-0.2, -0.15) is 0 Å². The molecule has 1 N–H and O–H groups in total. The number of ether oxygens (including phenoxy) is 3. The number of esters is 1. The number of nitrogens with one attached hydrogen (secondary N) is 1. The molecule has 6 nitrogen and oxygen atoms in total. The van der Waals surface area contributed by atoms with Gasteiger partial charge in [0, 0.05) is 6.54 Å². The molecule has 3 rings (SSSR count). The zero-order valence-electron chi connectivity index (χ0n) is 13.8. The minimum absolute atomic E-state index is 0.187. The summed E-state index contributed by atoms with van der Waals surface area (Å²) in [4.78, 5) is 24.2. The molecule has 1 aliphatic rings. The summed E-state index contributed by atoms with van der Waals surface area (Å²) in [6.45, 7) is 1.95. The maximum atomic E-state index is 12.1. The number of carbonyl (C=O) groups is 2. The Morgan fingerprint density at radius 1 is 1.12 bits per heavy atom. The number of hydrogen-bond donors (Lipinski definition) is 1. The highest BCUT2D eigenvalue weighted by atomic mass is 35.5. The third-order valence-electron chi connectivity index (χ3n) is 3.71. The predicted octanol–water partition coefficient (Wildman–Crippen LogP) is 3.58. The summed E-state index contributed by atoms with van der Waals surface area (Å²) in [5.74, 6) is 0.227. The highest BCUT2D eigenvalue weighted by molar-refractivity contribution is 6.42. The van der Waals surface area contributed by atoms with E-state index in [1.807, 2.05) is 6.07 Å². The molecule has 8 heteroatoms. The predicted molar refractivity (Wildman–Crippen MR) is 95.8 cm³/mol. The van der Waals surface area contributed by atoms with Crippen LogP contribution < -0.4 is 14.8 Å². The van der Waals surface area contributed by atoms with Crippen LogP contribution in [0.1, 0.15) is 22.8 Å². The van der Waals surface area contributed by atoms with Crippen LogP contribution >= 0.6 is 23.2 Å². The number of halogens is 2. The van der Waals surface area contributed by atoms with Gasteiger partial charge in [0.15, 0.2) is 17.6 Å².